The first-order chi connectivity index (χ1) is 8.24. The highest BCUT2D eigenvalue weighted by Gasteiger charge is 2.10. The van der Waals surface area contributed by atoms with Crippen LogP contribution in [0.25, 0.3) is 22.1 Å². The fourth-order valence-electron chi connectivity index (χ4n) is 1.75. The number of hydrogen-bond acceptors (Lipinski definition) is 3. The third-order valence-electron chi connectivity index (χ3n) is 2.42. The van der Waals surface area contributed by atoms with Crippen molar-refractivity contribution in [3.05, 3.63) is 36.5 Å². The lowest BCUT2D eigenvalue weighted by Crippen LogP contribution is -2.01. The number of fused-ring (bicyclic) bond motifs is 3. The lowest BCUT2D eigenvalue weighted by atomic mass is 10.2. The smallest absolute Gasteiger partial charge is 0.387 e. The summed E-state index contributed by atoms with van der Waals surface area (Å²) in [6, 6.07) is 8.09. The van der Waals surface area contributed by atoms with Crippen LogP contribution >= 0.6 is 0 Å². The lowest BCUT2D eigenvalue weighted by molar-refractivity contribution is -0.0497. The molecule has 3 nitrogen and oxygen atoms in total. The Balaban J connectivity index is 2.20. The topological polar surface area (TPSA) is 35.3 Å². The van der Waals surface area contributed by atoms with Crippen molar-refractivity contribution >= 4 is 22.1 Å². The summed E-state index contributed by atoms with van der Waals surface area (Å²) in [6.45, 7) is -2.84. The molecule has 86 valence electrons. The first kappa shape index (κ1) is 10.0. The largest absolute Gasteiger partial charge is 0.454 e. The Hall–Kier alpha value is -2.17. The molecule has 0 fully saturated rings. The Bertz CT molecular complexity index is 678. The van der Waals surface area contributed by atoms with Gasteiger partial charge in [0, 0.05) is 17.6 Å². The van der Waals surface area contributed by atoms with Crippen molar-refractivity contribution in [2.75, 3.05) is 0 Å². The van der Waals surface area contributed by atoms with Gasteiger partial charge < -0.3 is 9.15 Å². The third-order valence-corrected chi connectivity index (χ3v) is 2.42. The molecule has 0 saturated heterocycles. The number of furan rings is 1. The van der Waals surface area contributed by atoms with Crippen molar-refractivity contribution in [3.63, 3.8) is 0 Å². The first-order valence-corrected chi connectivity index (χ1v) is 4.96. The quantitative estimate of drug-likeness (QED) is 0.680. The van der Waals surface area contributed by atoms with Crippen molar-refractivity contribution in [2.24, 2.45) is 0 Å². The minimum Gasteiger partial charge on any atom is -0.454 e. The summed E-state index contributed by atoms with van der Waals surface area (Å²) in [6.07, 6.45) is 1.65. The van der Waals surface area contributed by atoms with Crippen molar-refractivity contribution < 1.29 is 17.9 Å². The van der Waals surface area contributed by atoms with Gasteiger partial charge in [0.25, 0.3) is 0 Å². The Labute approximate surface area is 94.6 Å². The van der Waals surface area contributed by atoms with E-state index < -0.39 is 6.61 Å². The summed E-state index contributed by atoms with van der Waals surface area (Å²) in [5.41, 5.74) is 1.82. The molecule has 0 aliphatic rings. The summed E-state index contributed by atoms with van der Waals surface area (Å²) < 4.78 is 33.9. The number of hydrogen-bond donors (Lipinski definition) is 0. The minimum atomic E-state index is -2.84. The highest BCUT2D eigenvalue weighted by Crippen LogP contribution is 2.30. The number of alkyl halides is 2. The highest BCUT2D eigenvalue weighted by molar-refractivity contribution is 6.02. The molecule has 2 heterocycles. The second kappa shape index (κ2) is 3.69. The number of pyridine rings is 1. The highest BCUT2D eigenvalue weighted by atomic mass is 19.3. The number of rotatable bonds is 2. The minimum absolute atomic E-state index is 0.0755. The zero-order valence-electron chi connectivity index (χ0n) is 8.56. The maximum atomic E-state index is 12.1. The van der Waals surface area contributed by atoms with Crippen LogP contribution in [0.15, 0.2) is 40.9 Å². The van der Waals surface area contributed by atoms with Gasteiger partial charge in [-0.2, -0.15) is 8.78 Å². The van der Waals surface area contributed by atoms with E-state index in [0.717, 1.165) is 5.39 Å². The predicted octanol–water partition coefficient (Wildman–Crippen LogP) is 3.58. The monoisotopic (exact) mass is 235 g/mol. The van der Waals surface area contributed by atoms with Crippen LogP contribution in [0.2, 0.25) is 0 Å². The van der Waals surface area contributed by atoms with Crippen LogP contribution in [0, 0.1) is 0 Å². The van der Waals surface area contributed by atoms with Gasteiger partial charge in [-0.15, -0.1) is 0 Å². The van der Waals surface area contributed by atoms with E-state index in [4.69, 9.17) is 4.42 Å². The van der Waals surface area contributed by atoms with Crippen LogP contribution in [0.5, 0.6) is 5.75 Å². The predicted molar refractivity (Wildman–Crippen MR) is 58.1 cm³/mol. The van der Waals surface area contributed by atoms with Crippen LogP contribution < -0.4 is 4.74 Å². The van der Waals surface area contributed by atoms with E-state index in [-0.39, 0.29) is 5.75 Å². The number of ether oxygens (including phenoxy) is 1. The Morgan fingerprint density at radius 1 is 1.18 bits per heavy atom. The second-order valence-corrected chi connectivity index (χ2v) is 3.49. The molecule has 0 atom stereocenters. The Morgan fingerprint density at radius 2 is 2.06 bits per heavy atom. The van der Waals surface area contributed by atoms with Crippen molar-refractivity contribution in [3.8, 4) is 5.75 Å². The van der Waals surface area contributed by atoms with Crippen LogP contribution in [0.3, 0.4) is 0 Å². The Morgan fingerprint density at radius 3 is 2.88 bits per heavy atom. The van der Waals surface area contributed by atoms with E-state index in [1.54, 1.807) is 24.4 Å². The van der Waals surface area contributed by atoms with Gasteiger partial charge in [0.1, 0.15) is 16.8 Å². The summed E-state index contributed by atoms with van der Waals surface area (Å²) in [4.78, 5) is 4.18. The normalized spacial score (nSPS) is 11.5. The average Bonchev–Trinajstić information content (AvgIpc) is 2.65. The van der Waals surface area contributed by atoms with E-state index in [9.17, 15) is 8.78 Å². The molecule has 0 bridgehead atoms. The molecule has 0 unspecified atom stereocenters. The summed E-state index contributed by atoms with van der Waals surface area (Å²) >= 11 is 0. The van der Waals surface area contributed by atoms with E-state index in [2.05, 4.69) is 9.72 Å². The van der Waals surface area contributed by atoms with Crippen LogP contribution in [-0.2, 0) is 0 Å². The first-order valence-electron chi connectivity index (χ1n) is 4.96. The summed E-state index contributed by atoms with van der Waals surface area (Å²) in [7, 11) is 0. The molecule has 5 heteroatoms. The van der Waals surface area contributed by atoms with Gasteiger partial charge >= 0.3 is 6.61 Å². The molecule has 3 rings (SSSR count). The fraction of sp³-hybridized carbons (Fsp3) is 0.0833. The molecule has 0 spiro atoms. The SMILES string of the molecule is FC(F)Oc1ccc2c(c1)oc1cccnc12. The van der Waals surface area contributed by atoms with Crippen molar-refractivity contribution in [1.29, 1.82) is 0 Å². The summed E-state index contributed by atoms with van der Waals surface area (Å²) in [5.74, 6) is 0.0755. The number of nitrogens with zero attached hydrogens (tertiary/aromatic N) is 1. The molecule has 17 heavy (non-hydrogen) atoms. The van der Waals surface area contributed by atoms with Crippen LogP contribution in [0.4, 0.5) is 8.78 Å². The maximum absolute atomic E-state index is 12.1. The van der Waals surface area contributed by atoms with Gasteiger partial charge in [-0.05, 0) is 24.3 Å². The number of aromatic nitrogens is 1. The maximum Gasteiger partial charge on any atom is 0.387 e. The lowest BCUT2D eigenvalue weighted by Gasteiger charge is -2.02. The van der Waals surface area contributed by atoms with Gasteiger partial charge in [0.2, 0.25) is 0 Å². The van der Waals surface area contributed by atoms with Crippen molar-refractivity contribution in [2.45, 2.75) is 6.61 Å². The molecule has 0 saturated carbocycles. The van der Waals surface area contributed by atoms with Crippen molar-refractivity contribution in [1.82, 2.24) is 4.98 Å². The molecule has 1 aromatic carbocycles. The molecule has 0 aliphatic carbocycles. The molecule has 0 aliphatic heterocycles. The molecular formula is C12H7F2NO2. The molecule has 3 aromatic rings. The zero-order chi connectivity index (χ0) is 11.8. The molecule has 0 amide bonds. The number of benzene rings is 1. The molecule has 0 N–H and O–H groups in total. The fourth-order valence-corrected chi connectivity index (χ4v) is 1.75. The van der Waals surface area contributed by atoms with Crippen LogP contribution in [0.1, 0.15) is 0 Å². The third kappa shape index (κ3) is 1.69. The summed E-state index contributed by atoms with van der Waals surface area (Å²) in [5, 5.41) is 0.780. The Kier molecular flexibility index (Phi) is 2.18. The number of halogens is 2. The zero-order valence-corrected chi connectivity index (χ0v) is 8.56. The molecule has 0 radical (unpaired) electrons. The van der Waals surface area contributed by atoms with E-state index in [0.29, 0.717) is 16.7 Å². The van der Waals surface area contributed by atoms with Crippen LogP contribution in [-0.4, -0.2) is 11.6 Å². The van der Waals surface area contributed by atoms with Gasteiger partial charge in [-0.1, -0.05) is 0 Å². The van der Waals surface area contributed by atoms with Gasteiger partial charge in [0.15, 0.2) is 5.58 Å². The standard InChI is InChI=1S/C12H7F2NO2/c13-12(14)16-7-3-4-8-10(6-7)17-9-2-1-5-15-11(8)9/h1-6,12H. The average molecular weight is 235 g/mol. The van der Waals surface area contributed by atoms with E-state index >= 15 is 0 Å². The van der Waals surface area contributed by atoms with Gasteiger partial charge in [0.05, 0.1) is 0 Å². The second-order valence-electron chi connectivity index (χ2n) is 3.49. The molecule has 2 aromatic heterocycles. The molecular weight excluding hydrogens is 228 g/mol. The van der Waals surface area contributed by atoms with Gasteiger partial charge in [-0.3, -0.25) is 4.98 Å². The van der Waals surface area contributed by atoms with E-state index in [1.807, 2.05) is 0 Å². The van der Waals surface area contributed by atoms with Gasteiger partial charge in [-0.25, -0.2) is 0 Å². The van der Waals surface area contributed by atoms with E-state index in [1.165, 1.54) is 12.1 Å².